The third kappa shape index (κ3) is 1.50. The lowest BCUT2D eigenvalue weighted by Crippen LogP contribution is -2.35. The Morgan fingerprint density at radius 2 is 2.12 bits per heavy atom. The van der Waals surface area contributed by atoms with Crippen molar-refractivity contribution in [3.8, 4) is 0 Å². The fourth-order valence-corrected chi connectivity index (χ4v) is 3.55. The van der Waals surface area contributed by atoms with Gasteiger partial charge in [0, 0.05) is 37.3 Å². The van der Waals surface area contributed by atoms with E-state index in [1.807, 2.05) is 0 Å². The third-order valence-electron chi connectivity index (χ3n) is 4.73. The molecule has 92 valence electrons. The molecule has 0 fully saturated rings. The number of para-hydroxylation sites is 1. The predicted molar refractivity (Wildman–Crippen MR) is 72.6 cm³/mol. The maximum Gasteiger partial charge on any atom is 0.0451 e. The highest BCUT2D eigenvalue weighted by molar-refractivity contribution is 5.67. The normalized spacial score (nSPS) is 21.2. The molecule has 3 rings (SSSR count). The van der Waals surface area contributed by atoms with Crippen LogP contribution in [0.1, 0.15) is 37.8 Å². The van der Waals surface area contributed by atoms with Crippen LogP contribution in [0.5, 0.6) is 0 Å². The van der Waals surface area contributed by atoms with Crippen molar-refractivity contribution in [2.45, 2.75) is 38.6 Å². The summed E-state index contributed by atoms with van der Waals surface area (Å²) < 4.78 is 0. The molecule has 0 bridgehead atoms. The summed E-state index contributed by atoms with van der Waals surface area (Å²) >= 11 is 0. The number of anilines is 1. The highest BCUT2D eigenvalue weighted by Gasteiger charge is 2.41. The lowest BCUT2D eigenvalue weighted by Gasteiger charge is -2.28. The largest absolute Gasteiger partial charge is 0.369 e. The van der Waals surface area contributed by atoms with Crippen LogP contribution in [0.25, 0.3) is 0 Å². The average molecular weight is 230 g/mol. The minimum atomic E-state index is 0.405. The number of benzene rings is 1. The molecule has 0 saturated carbocycles. The SMILES string of the molecule is CCC1(CC)CN2CCNCc3cccc1c32. The maximum absolute atomic E-state index is 3.52. The molecule has 2 aliphatic heterocycles. The van der Waals surface area contributed by atoms with E-state index in [-0.39, 0.29) is 0 Å². The standard InChI is InChI=1S/C15H22N2/c1-3-15(4-2)11-17-9-8-16-10-12-6-5-7-13(15)14(12)17/h5-7,16H,3-4,8-11H2,1-2H3. The Labute approximate surface area is 104 Å². The van der Waals surface area contributed by atoms with E-state index in [1.54, 1.807) is 11.3 Å². The molecule has 0 aliphatic carbocycles. The van der Waals surface area contributed by atoms with E-state index in [9.17, 15) is 0 Å². The van der Waals surface area contributed by atoms with Crippen molar-refractivity contribution in [1.29, 1.82) is 0 Å². The first-order valence-corrected chi connectivity index (χ1v) is 6.89. The van der Waals surface area contributed by atoms with Gasteiger partial charge in [-0.15, -0.1) is 0 Å². The number of hydrogen-bond donors (Lipinski definition) is 1. The highest BCUT2D eigenvalue weighted by Crippen LogP contribution is 2.46. The summed E-state index contributed by atoms with van der Waals surface area (Å²) in [4.78, 5) is 2.61. The molecular weight excluding hydrogens is 208 g/mol. The second kappa shape index (κ2) is 4.02. The van der Waals surface area contributed by atoms with Gasteiger partial charge >= 0.3 is 0 Å². The minimum absolute atomic E-state index is 0.405. The van der Waals surface area contributed by atoms with E-state index in [0.717, 1.165) is 19.6 Å². The van der Waals surface area contributed by atoms with Crippen LogP contribution in [-0.4, -0.2) is 19.6 Å². The monoisotopic (exact) mass is 230 g/mol. The van der Waals surface area contributed by atoms with Crippen molar-refractivity contribution >= 4 is 5.69 Å². The molecule has 17 heavy (non-hydrogen) atoms. The Hall–Kier alpha value is -1.02. The van der Waals surface area contributed by atoms with E-state index in [0.29, 0.717) is 5.41 Å². The Bertz CT molecular complexity index is 421. The lowest BCUT2D eigenvalue weighted by atomic mass is 9.77. The molecule has 0 unspecified atom stereocenters. The lowest BCUT2D eigenvalue weighted by molar-refractivity contribution is 0.418. The van der Waals surface area contributed by atoms with Gasteiger partial charge in [0.2, 0.25) is 0 Å². The summed E-state index contributed by atoms with van der Waals surface area (Å²) in [5.74, 6) is 0. The van der Waals surface area contributed by atoms with Gasteiger partial charge in [0.25, 0.3) is 0 Å². The van der Waals surface area contributed by atoms with Gasteiger partial charge in [0.1, 0.15) is 0 Å². The maximum atomic E-state index is 3.52. The van der Waals surface area contributed by atoms with Gasteiger partial charge in [0.05, 0.1) is 0 Å². The summed E-state index contributed by atoms with van der Waals surface area (Å²) in [7, 11) is 0. The Morgan fingerprint density at radius 1 is 1.29 bits per heavy atom. The topological polar surface area (TPSA) is 15.3 Å². The second-order valence-corrected chi connectivity index (χ2v) is 5.40. The molecule has 2 heteroatoms. The van der Waals surface area contributed by atoms with Crippen molar-refractivity contribution in [2.24, 2.45) is 0 Å². The van der Waals surface area contributed by atoms with Gasteiger partial charge in [-0.05, 0) is 24.0 Å². The molecule has 0 atom stereocenters. The van der Waals surface area contributed by atoms with E-state index >= 15 is 0 Å². The Kier molecular flexibility index (Phi) is 2.62. The van der Waals surface area contributed by atoms with Gasteiger partial charge < -0.3 is 10.2 Å². The first-order chi connectivity index (χ1) is 8.30. The number of nitrogens with zero attached hydrogens (tertiary/aromatic N) is 1. The molecule has 0 saturated heterocycles. The second-order valence-electron chi connectivity index (χ2n) is 5.40. The minimum Gasteiger partial charge on any atom is -0.369 e. The molecule has 1 N–H and O–H groups in total. The quantitative estimate of drug-likeness (QED) is 0.840. The summed E-state index contributed by atoms with van der Waals surface area (Å²) in [5.41, 5.74) is 5.04. The van der Waals surface area contributed by atoms with Crippen LogP contribution in [0.4, 0.5) is 5.69 Å². The van der Waals surface area contributed by atoms with Gasteiger partial charge in [0.15, 0.2) is 0 Å². The van der Waals surface area contributed by atoms with Gasteiger partial charge in [-0.25, -0.2) is 0 Å². The first kappa shape index (κ1) is 11.1. The van der Waals surface area contributed by atoms with Crippen molar-refractivity contribution < 1.29 is 0 Å². The summed E-state index contributed by atoms with van der Waals surface area (Å²) in [6.45, 7) is 9.20. The number of hydrogen-bond acceptors (Lipinski definition) is 2. The van der Waals surface area contributed by atoms with Gasteiger partial charge in [-0.1, -0.05) is 32.0 Å². The highest BCUT2D eigenvalue weighted by atomic mass is 15.2. The summed E-state index contributed by atoms with van der Waals surface area (Å²) in [5, 5.41) is 3.52. The number of nitrogens with one attached hydrogen (secondary N) is 1. The average Bonchev–Trinajstić information content (AvgIpc) is 2.55. The molecule has 0 aromatic heterocycles. The smallest absolute Gasteiger partial charge is 0.0451 e. The molecule has 1 aromatic rings. The summed E-state index contributed by atoms with van der Waals surface area (Å²) in [6, 6.07) is 6.88. The van der Waals surface area contributed by atoms with E-state index < -0.39 is 0 Å². The molecular formula is C15H22N2. The van der Waals surface area contributed by atoms with Crippen LogP contribution in [-0.2, 0) is 12.0 Å². The van der Waals surface area contributed by atoms with Crippen LogP contribution in [0.3, 0.4) is 0 Å². The molecule has 0 amide bonds. The zero-order valence-electron chi connectivity index (χ0n) is 10.9. The van der Waals surface area contributed by atoms with Crippen LogP contribution >= 0.6 is 0 Å². The van der Waals surface area contributed by atoms with Gasteiger partial charge in [-0.2, -0.15) is 0 Å². The zero-order valence-corrected chi connectivity index (χ0v) is 10.9. The van der Waals surface area contributed by atoms with Crippen LogP contribution in [0.15, 0.2) is 18.2 Å². The first-order valence-electron chi connectivity index (χ1n) is 6.89. The molecule has 0 spiro atoms. The fourth-order valence-electron chi connectivity index (χ4n) is 3.55. The molecule has 2 heterocycles. The van der Waals surface area contributed by atoms with Gasteiger partial charge in [-0.3, -0.25) is 0 Å². The summed E-state index contributed by atoms with van der Waals surface area (Å²) in [6.07, 6.45) is 2.51. The van der Waals surface area contributed by atoms with Crippen LogP contribution in [0, 0.1) is 0 Å². The molecule has 0 radical (unpaired) electrons. The third-order valence-corrected chi connectivity index (χ3v) is 4.73. The zero-order chi connectivity index (χ0) is 11.9. The van der Waals surface area contributed by atoms with Crippen LogP contribution < -0.4 is 10.2 Å². The van der Waals surface area contributed by atoms with Crippen molar-refractivity contribution in [1.82, 2.24) is 5.32 Å². The Morgan fingerprint density at radius 3 is 2.88 bits per heavy atom. The van der Waals surface area contributed by atoms with Crippen molar-refractivity contribution in [3.63, 3.8) is 0 Å². The van der Waals surface area contributed by atoms with Crippen molar-refractivity contribution in [3.05, 3.63) is 29.3 Å². The van der Waals surface area contributed by atoms with Crippen molar-refractivity contribution in [2.75, 3.05) is 24.5 Å². The molecule has 2 nitrogen and oxygen atoms in total. The molecule has 1 aromatic carbocycles. The van der Waals surface area contributed by atoms with E-state index in [4.69, 9.17) is 0 Å². The van der Waals surface area contributed by atoms with Crippen LogP contribution in [0.2, 0.25) is 0 Å². The van der Waals surface area contributed by atoms with E-state index in [2.05, 4.69) is 42.3 Å². The fraction of sp³-hybridized carbons (Fsp3) is 0.600. The Balaban J connectivity index is 2.17. The predicted octanol–water partition coefficient (Wildman–Crippen LogP) is 2.67. The number of rotatable bonds is 2. The van der Waals surface area contributed by atoms with E-state index in [1.165, 1.54) is 24.9 Å². The molecule has 2 aliphatic rings.